The van der Waals surface area contributed by atoms with Crippen LogP contribution in [0.3, 0.4) is 0 Å². The summed E-state index contributed by atoms with van der Waals surface area (Å²) in [5.41, 5.74) is 2.90. The van der Waals surface area contributed by atoms with E-state index in [0.717, 1.165) is 22.7 Å². The average Bonchev–Trinajstić information content (AvgIpc) is 2.42. The molecule has 1 aromatic carbocycles. The smallest absolute Gasteiger partial charge is 0.242 e. The fourth-order valence-corrected chi connectivity index (χ4v) is 2.73. The van der Waals surface area contributed by atoms with Crippen LogP contribution in [0.25, 0.3) is 0 Å². The van der Waals surface area contributed by atoms with Gasteiger partial charge in [-0.1, -0.05) is 12.1 Å². The summed E-state index contributed by atoms with van der Waals surface area (Å²) < 4.78 is 6.16. The highest BCUT2D eigenvalue weighted by Crippen LogP contribution is 2.32. The van der Waals surface area contributed by atoms with E-state index in [1.54, 1.807) is 18.6 Å². The van der Waals surface area contributed by atoms with Crippen molar-refractivity contribution in [2.45, 2.75) is 33.0 Å². The zero-order chi connectivity index (χ0) is 15.3. The van der Waals surface area contributed by atoms with Crippen molar-refractivity contribution >= 4 is 20.2 Å². The van der Waals surface area contributed by atoms with Crippen LogP contribution in [-0.4, -0.2) is 24.5 Å². The Balaban J connectivity index is 2.18. The van der Waals surface area contributed by atoms with Gasteiger partial charge in [0, 0.05) is 31.2 Å². The van der Waals surface area contributed by atoms with Crippen LogP contribution in [0.2, 0.25) is 19.6 Å². The normalized spacial score (nSPS) is 11.8. The molecule has 0 aliphatic carbocycles. The lowest BCUT2D eigenvalue weighted by Gasteiger charge is -2.22. The highest BCUT2D eigenvalue weighted by molar-refractivity contribution is 6.70. The van der Waals surface area contributed by atoms with Crippen molar-refractivity contribution in [3.63, 3.8) is 0 Å². The molecule has 0 atom stereocenters. The summed E-state index contributed by atoms with van der Waals surface area (Å²) in [5, 5.41) is 0. The van der Waals surface area contributed by atoms with E-state index in [-0.39, 0.29) is 0 Å². The van der Waals surface area contributed by atoms with Crippen LogP contribution >= 0.6 is 0 Å². The van der Waals surface area contributed by atoms with Crippen LogP contribution in [0.5, 0.6) is 5.75 Å². The van der Waals surface area contributed by atoms with Crippen molar-refractivity contribution < 1.29 is 4.43 Å². The molecule has 0 saturated heterocycles. The molecule has 21 heavy (non-hydrogen) atoms. The van der Waals surface area contributed by atoms with Gasteiger partial charge in [0.15, 0.2) is 0 Å². The molecule has 4 nitrogen and oxygen atoms in total. The molecule has 0 saturated carbocycles. The van der Waals surface area contributed by atoms with Crippen molar-refractivity contribution in [3.05, 3.63) is 48.0 Å². The Morgan fingerprint density at radius 2 is 2.05 bits per heavy atom. The van der Waals surface area contributed by atoms with Crippen molar-refractivity contribution in [2.75, 3.05) is 0 Å². The molecule has 5 heteroatoms. The maximum Gasteiger partial charge on any atom is 0.242 e. The zero-order valence-corrected chi connectivity index (χ0v) is 14.0. The molecule has 2 aromatic rings. The van der Waals surface area contributed by atoms with E-state index in [2.05, 4.69) is 47.6 Å². The van der Waals surface area contributed by atoms with Gasteiger partial charge in [0.25, 0.3) is 0 Å². The van der Waals surface area contributed by atoms with E-state index in [9.17, 15) is 0 Å². The monoisotopic (exact) mass is 299 g/mol. The predicted octanol–water partition coefficient (Wildman–Crippen LogP) is 3.94. The maximum absolute atomic E-state index is 6.16. The van der Waals surface area contributed by atoms with Crippen LogP contribution in [0.4, 0.5) is 5.69 Å². The third-order valence-electron chi connectivity index (χ3n) is 2.75. The van der Waals surface area contributed by atoms with Gasteiger partial charge < -0.3 is 4.43 Å². The van der Waals surface area contributed by atoms with Crippen LogP contribution in [0.1, 0.15) is 11.3 Å². The van der Waals surface area contributed by atoms with Crippen LogP contribution < -0.4 is 4.43 Å². The second kappa shape index (κ2) is 6.63. The van der Waals surface area contributed by atoms with E-state index in [1.807, 2.05) is 18.3 Å². The van der Waals surface area contributed by atoms with Gasteiger partial charge in [-0.25, -0.2) is 0 Å². The molecule has 0 aliphatic rings. The minimum Gasteiger partial charge on any atom is -0.543 e. The van der Waals surface area contributed by atoms with Gasteiger partial charge in [-0.05, 0) is 38.2 Å². The van der Waals surface area contributed by atoms with Gasteiger partial charge in [0.05, 0.1) is 5.69 Å². The first-order valence-corrected chi connectivity index (χ1v) is 10.4. The fraction of sp³-hybridized carbons (Fsp3) is 0.312. The molecule has 110 valence electrons. The highest BCUT2D eigenvalue weighted by Gasteiger charge is 2.19. The zero-order valence-electron chi connectivity index (χ0n) is 13.0. The second-order valence-corrected chi connectivity index (χ2v) is 10.3. The molecule has 0 spiro atoms. The van der Waals surface area contributed by atoms with Gasteiger partial charge in [-0.15, -0.1) is 0 Å². The Morgan fingerprint density at radius 3 is 2.71 bits per heavy atom. The number of aryl methyl sites for hydroxylation is 1. The largest absolute Gasteiger partial charge is 0.543 e. The van der Waals surface area contributed by atoms with E-state index >= 15 is 0 Å². The van der Waals surface area contributed by atoms with Gasteiger partial charge in [-0.3, -0.25) is 15.0 Å². The summed E-state index contributed by atoms with van der Waals surface area (Å²) in [6.07, 6.45) is 7.63. The minimum atomic E-state index is -1.66. The topological polar surface area (TPSA) is 47.4 Å². The molecule has 0 aliphatic heterocycles. The average molecular weight is 299 g/mol. The predicted molar refractivity (Wildman–Crippen MR) is 89.0 cm³/mol. The Bertz CT molecular complexity index is 621. The molecule has 2 rings (SSSR count). The van der Waals surface area contributed by atoms with E-state index < -0.39 is 8.32 Å². The lowest BCUT2D eigenvalue weighted by molar-refractivity contribution is 0.554. The van der Waals surface area contributed by atoms with Crippen molar-refractivity contribution in [2.24, 2.45) is 4.99 Å². The summed E-state index contributed by atoms with van der Waals surface area (Å²) >= 11 is 0. The van der Waals surface area contributed by atoms with Gasteiger partial charge in [0.1, 0.15) is 11.4 Å². The minimum absolute atomic E-state index is 0.661. The van der Waals surface area contributed by atoms with Gasteiger partial charge >= 0.3 is 0 Å². The fourth-order valence-electron chi connectivity index (χ4n) is 1.85. The highest BCUT2D eigenvalue weighted by atomic mass is 28.4. The quantitative estimate of drug-likeness (QED) is 0.620. The van der Waals surface area contributed by atoms with Gasteiger partial charge in [0.2, 0.25) is 8.32 Å². The van der Waals surface area contributed by atoms with E-state index in [1.165, 1.54) is 0 Å². The summed E-state index contributed by atoms with van der Waals surface area (Å²) in [4.78, 5) is 12.8. The van der Waals surface area contributed by atoms with Crippen molar-refractivity contribution in [3.8, 4) is 5.75 Å². The first-order valence-electron chi connectivity index (χ1n) is 7.02. The number of nitrogens with zero attached hydrogens (tertiary/aromatic N) is 3. The Kier molecular flexibility index (Phi) is 4.85. The molecule has 1 heterocycles. The summed E-state index contributed by atoms with van der Waals surface area (Å²) in [6, 6.07) is 6.04. The summed E-state index contributed by atoms with van der Waals surface area (Å²) in [7, 11) is -1.66. The number of para-hydroxylation sites is 1. The number of aromatic nitrogens is 2. The number of aliphatic imine (C=N–C) groups is 1. The third kappa shape index (κ3) is 4.79. The lowest BCUT2D eigenvalue weighted by Crippen LogP contribution is -2.29. The molecule has 0 fully saturated rings. The standard InChI is InChI=1S/C16H21N3OSi/c1-13-6-5-7-15(16(13)20-21(2,3)4)19-9-8-14-12-17-10-11-18-14/h5-7,9-12H,8H2,1-4H3. The molecule has 0 bridgehead atoms. The number of hydrogen-bond donors (Lipinski definition) is 0. The van der Waals surface area contributed by atoms with Crippen LogP contribution in [0.15, 0.2) is 41.8 Å². The maximum atomic E-state index is 6.16. The Morgan fingerprint density at radius 1 is 1.24 bits per heavy atom. The SMILES string of the molecule is Cc1cccc(N=CCc2cnccn2)c1O[Si](C)(C)C. The van der Waals surface area contributed by atoms with E-state index in [0.29, 0.717) is 6.42 Å². The van der Waals surface area contributed by atoms with Crippen LogP contribution in [0, 0.1) is 6.92 Å². The molecule has 1 aromatic heterocycles. The molecule has 0 unspecified atom stereocenters. The molecule has 0 radical (unpaired) electrons. The summed E-state index contributed by atoms with van der Waals surface area (Å²) in [6.45, 7) is 8.57. The Labute approximate surface area is 127 Å². The van der Waals surface area contributed by atoms with E-state index in [4.69, 9.17) is 4.43 Å². The molecule has 0 N–H and O–H groups in total. The second-order valence-electron chi connectivity index (χ2n) is 5.85. The Hall–Kier alpha value is -2.01. The first kappa shape index (κ1) is 15.4. The number of hydrogen-bond acceptors (Lipinski definition) is 4. The van der Waals surface area contributed by atoms with Crippen LogP contribution in [-0.2, 0) is 6.42 Å². The van der Waals surface area contributed by atoms with Crippen molar-refractivity contribution in [1.29, 1.82) is 0 Å². The van der Waals surface area contributed by atoms with Gasteiger partial charge in [-0.2, -0.15) is 0 Å². The third-order valence-corrected chi connectivity index (χ3v) is 3.56. The number of benzene rings is 1. The summed E-state index contributed by atoms with van der Waals surface area (Å²) in [5.74, 6) is 0.895. The molecular formula is C16H21N3OSi. The van der Waals surface area contributed by atoms with Crippen molar-refractivity contribution in [1.82, 2.24) is 9.97 Å². The number of rotatable bonds is 5. The molecule has 0 amide bonds. The first-order chi connectivity index (χ1) is 9.96. The molecular weight excluding hydrogens is 278 g/mol. The lowest BCUT2D eigenvalue weighted by atomic mass is 10.2.